The second-order valence-corrected chi connectivity index (χ2v) is 5.46. The summed E-state index contributed by atoms with van der Waals surface area (Å²) in [7, 11) is 0. The first-order chi connectivity index (χ1) is 11.0. The average Bonchev–Trinajstić information content (AvgIpc) is 2.58. The number of esters is 1. The van der Waals surface area contributed by atoms with Crippen LogP contribution in [-0.4, -0.2) is 17.0 Å². The highest BCUT2D eigenvalue weighted by molar-refractivity contribution is 6.13. The molecule has 0 bridgehead atoms. The Labute approximate surface area is 133 Å². The molecule has 3 rings (SSSR count). The van der Waals surface area contributed by atoms with E-state index in [0.29, 0.717) is 22.3 Å². The van der Waals surface area contributed by atoms with Crippen molar-refractivity contribution >= 4 is 11.8 Å². The van der Waals surface area contributed by atoms with Crippen LogP contribution in [0.4, 0.5) is 0 Å². The molecule has 0 radical (unpaired) electrons. The van der Waals surface area contributed by atoms with Gasteiger partial charge in [-0.3, -0.25) is 9.59 Å². The van der Waals surface area contributed by atoms with Gasteiger partial charge in [-0.05, 0) is 13.0 Å². The van der Waals surface area contributed by atoms with Crippen molar-refractivity contribution in [2.45, 2.75) is 26.1 Å². The van der Waals surface area contributed by atoms with Crippen molar-refractivity contribution in [3.63, 3.8) is 0 Å². The van der Waals surface area contributed by atoms with E-state index in [-0.39, 0.29) is 12.2 Å². The summed E-state index contributed by atoms with van der Waals surface area (Å²) < 4.78 is 5.46. The fourth-order valence-electron chi connectivity index (χ4n) is 2.85. The van der Waals surface area contributed by atoms with E-state index in [9.17, 15) is 14.8 Å². The minimum atomic E-state index is -1.83. The first-order valence-electron chi connectivity index (χ1n) is 7.33. The number of hydrogen-bond acceptors (Lipinski definition) is 5. The molecule has 5 nitrogen and oxygen atoms in total. The van der Waals surface area contributed by atoms with Crippen LogP contribution in [0.25, 0.3) is 0 Å². The average molecular weight is 312 g/mol. The van der Waals surface area contributed by atoms with E-state index in [1.165, 1.54) is 0 Å². The number of carbonyl (C=O) groups excluding carboxylic acids is 2. The molecule has 1 unspecified atom stereocenters. The van der Waals surface area contributed by atoms with Crippen molar-refractivity contribution in [2.75, 3.05) is 0 Å². The van der Waals surface area contributed by atoms with E-state index in [2.05, 4.69) is 0 Å². The van der Waals surface area contributed by atoms with Crippen LogP contribution < -0.4 is 0 Å². The standard InChI is InChI=1S/C18H16O5/c1-3-16(19)22-18(23-21)14-7-5-4-6-12(14)17(20)13-10-11(2)8-9-15(13)18/h4-10,21H,3H2,1-2H3. The van der Waals surface area contributed by atoms with Gasteiger partial charge in [0.1, 0.15) is 0 Å². The molecule has 1 aliphatic carbocycles. The molecule has 0 aliphatic heterocycles. The van der Waals surface area contributed by atoms with Gasteiger partial charge in [0.05, 0.1) is 0 Å². The van der Waals surface area contributed by atoms with Crippen LogP contribution in [0.2, 0.25) is 0 Å². The lowest BCUT2D eigenvalue weighted by Crippen LogP contribution is -2.41. The minimum Gasteiger partial charge on any atom is -0.421 e. The number of benzene rings is 2. The van der Waals surface area contributed by atoms with Crippen molar-refractivity contribution in [3.8, 4) is 0 Å². The van der Waals surface area contributed by atoms with Gasteiger partial charge in [-0.25, -0.2) is 5.26 Å². The first-order valence-corrected chi connectivity index (χ1v) is 7.33. The maximum atomic E-state index is 12.7. The molecular formula is C18H16O5. The molecule has 1 atom stereocenters. The zero-order valence-corrected chi connectivity index (χ0v) is 12.8. The van der Waals surface area contributed by atoms with Crippen molar-refractivity contribution in [2.24, 2.45) is 0 Å². The van der Waals surface area contributed by atoms with Crippen molar-refractivity contribution in [3.05, 3.63) is 70.3 Å². The molecule has 0 spiro atoms. The molecule has 2 aromatic rings. The Kier molecular flexibility index (Phi) is 3.75. The highest BCUT2D eigenvalue weighted by Gasteiger charge is 2.48. The molecule has 5 heteroatoms. The SMILES string of the molecule is CCC(=O)OC1(OO)c2ccccc2C(=O)c2cc(C)ccc21. The van der Waals surface area contributed by atoms with Gasteiger partial charge in [-0.15, -0.1) is 0 Å². The van der Waals surface area contributed by atoms with Gasteiger partial charge in [0.2, 0.25) is 0 Å². The van der Waals surface area contributed by atoms with Gasteiger partial charge in [-0.1, -0.05) is 48.9 Å². The van der Waals surface area contributed by atoms with Crippen LogP contribution in [-0.2, 0) is 20.2 Å². The molecule has 2 aromatic carbocycles. The third-order valence-electron chi connectivity index (χ3n) is 3.98. The summed E-state index contributed by atoms with van der Waals surface area (Å²) in [5.41, 5.74) is 2.19. The van der Waals surface area contributed by atoms with Gasteiger partial charge in [0.15, 0.2) is 5.78 Å². The Bertz CT molecular complexity index is 796. The highest BCUT2D eigenvalue weighted by Crippen LogP contribution is 2.43. The summed E-state index contributed by atoms with van der Waals surface area (Å²) in [5, 5.41) is 9.65. The quantitative estimate of drug-likeness (QED) is 0.408. The lowest BCUT2D eigenvalue weighted by molar-refractivity contribution is -0.384. The Morgan fingerprint density at radius 2 is 1.83 bits per heavy atom. The van der Waals surface area contributed by atoms with Gasteiger partial charge < -0.3 is 4.74 Å². The molecule has 0 saturated heterocycles. The van der Waals surface area contributed by atoms with Crippen LogP contribution in [0.1, 0.15) is 46.0 Å². The molecule has 1 aliphatic rings. The van der Waals surface area contributed by atoms with Crippen molar-refractivity contribution < 1.29 is 24.5 Å². The predicted octanol–water partition coefficient (Wildman–Crippen LogP) is 3.18. The highest BCUT2D eigenvalue weighted by atomic mass is 17.1. The van der Waals surface area contributed by atoms with E-state index < -0.39 is 11.8 Å². The summed E-state index contributed by atoms with van der Waals surface area (Å²) >= 11 is 0. The molecule has 118 valence electrons. The van der Waals surface area contributed by atoms with E-state index in [0.717, 1.165) is 5.56 Å². The predicted molar refractivity (Wildman–Crippen MR) is 81.9 cm³/mol. The van der Waals surface area contributed by atoms with Gasteiger partial charge in [0, 0.05) is 28.7 Å². The Morgan fingerprint density at radius 3 is 2.52 bits per heavy atom. The normalized spacial score (nSPS) is 19.0. The molecule has 0 heterocycles. The number of ether oxygens (including phenoxy) is 1. The van der Waals surface area contributed by atoms with Crippen LogP contribution in [0.15, 0.2) is 42.5 Å². The largest absolute Gasteiger partial charge is 0.421 e. The third-order valence-corrected chi connectivity index (χ3v) is 3.98. The van der Waals surface area contributed by atoms with Crippen molar-refractivity contribution in [1.29, 1.82) is 0 Å². The second-order valence-electron chi connectivity index (χ2n) is 5.46. The summed E-state index contributed by atoms with van der Waals surface area (Å²) in [6.07, 6.45) is 0.114. The molecule has 1 N–H and O–H groups in total. The number of hydrogen-bond donors (Lipinski definition) is 1. The van der Waals surface area contributed by atoms with E-state index in [4.69, 9.17) is 9.62 Å². The van der Waals surface area contributed by atoms with Crippen LogP contribution in [0.3, 0.4) is 0 Å². The number of fused-ring (bicyclic) bond motifs is 2. The smallest absolute Gasteiger partial charge is 0.308 e. The maximum absolute atomic E-state index is 12.7. The van der Waals surface area contributed by atoms with Crippen LogP contribution >= 0.6 is 0 Å². The molecular weight excluding hydrogens is 296 g/mol. The molecule has 0 fully saturated rings. The van der Waals surface area contributed by atoms with Gasteiger partial charge >= 0.3 is 5.97 Å². The monoisotopic (exact) mass is 312 g/mol. The number of rotatable bonds is 3. The maximum Gasteiger partial charge on any atom is 0.308 e. The lowest BCUT2D eigenvalue weighted by Gasteiger charge is -2.36. The number of carbonyl (C=O) groups is 2. The number of ketones is 1. The summed E-state index contributed by atoms with van der Waals surface area (Å²) in [5.74, 6) is -2.57. The second kappa shape index (κ2) is 5.61. The van der Waals surface area contributed by atoms with Gasteiger partial charge in [0.25, 0.3) is 5.79 Å². The van der Waals surface area contributed by atoms with Crippen LogP contribution in [0.5, 0.6) is 0 Å². The summed E-state index contributed by atoms with van der Waals surface area (Å²) in [6, 6.07) is 11.7. The Hall–Kier alpha value is -2.50. The Balaban J connectivity index is 2.33. The fourth-order valence-corrected chi connectivity index (χ4v) is 2.85. The fraction of sp³-hybridized carbons (Fsp3) is 0.222. The zero-order chi connectivity index (χ0) is 16.6. The summed E-state index contributed by atoms with van der Waals surface area (Å²) in [4.78, 5) is 29.4. The molecule has 0 amide bonds. The number of aryl methyl sites for hydroxylation is 1. The summed E-state index contributed by atoms with van der Waals surface area (Å²) in [6.45, 7) is 3.50. The van der Waals surface area contributed by atoms with Gasteiger partial charge in [-0.2, -0.15) is 4.89 Å². The zero-order valence-electron chi connectivity index (χ0n) is 12.8. The molecule has 0 saturated carbocycles. The Morgan fingerprint density at radius 1 is 1.13 bits per heavy atom. The van der Waals surface area contributed by atoms with Crippen molar-refractivity contribution in [1.82, 2.24) is 0 Å². The topological polar surface area (TPSA) is 72.8 Å². The first kappa shape index (κ1) is 15.4. The molecule has 0 aromatic heterocycles. The lowest BCUT2D eigenvalue weighted by atomic mass is 9.80. The third kappa shape index (κ3) is 2.25. The van der Waals surface area contributed by atoms with E-state index >= 15 is 0 Å². The minimum absolute atomic E-state index is 0.114. The van der Waals surface area contributed by atoms with Crippen LogP contribution in [0, 0.1) is 6.92 Å². The molecule has 23 heavy (non-hydrogen) atoms. The van der Waals surface area contributed by atoms with E-state index in [1.807, 2.05) is 6.92 Å². The van der Waals surface area contributed by atoms with E-state index in [1.54, 1.807) is 49.4 Å².